The Morgan fingerprint density at radius 2 is 1.89 bits per heavy atom. The minimum atomic E-state index is -0.205. The van der Waals surface area contributed by atoms with Crippen molar-refractivity contribution in [2.75, 3.05) is 36.4 Å². The number of nitrogens with zero attached hydrogens (tertiary/aromatic N) is 3. The molecule has 0 saturated carbocycles. The Labute approximate surface area is 160 Å². The van der Waals surface area contributed by atoms with E-state index in [1.54, 1.807) is 17.2 Å². The normalized spacial score (nSPS) is 14.4. The molecule has 1 aliphatic heterocycles. The Hall–Kier alpha value is -2.89. The molecular weight excluding hydrogens is 340 g/mol. The van der Waals surface area contributed by atoms with Gasteiger partial charge in [0.25, 0.3) is 5.91 Å². The number of aromatic nitrogens is 1. The first-order valence-corrected chi connectivity index (χ1v) is 9.31. The van der Waals surface area contributed by atoms with Crippen molar-refractivity contribution in [1.82, 2.24) is 9.88 Å². The summed E-state index contributed by atoms with van der Waals surface area (Å²) in [5.74, 6) is 0.115. The van der Waals surface area contributed by atoms with E-state index in [0.29, 0.717) is 24.7 Å². The highest BCUT2D eigenvalue weighted by Gasteiger charge is 2.18. The Morgan fingerprint density at radius 1 is 1.15 bits per heavy atom. The number of amides is 2. The van der Waals surface area contributed by atoms with Gasteiger partial charge in [-0.3, -0.25) is 9.59 Å². The van der Waals surface area contributed by atoms with Crippen LogP contribution in [0.25, 0.3) is 0 Å². The van der Waals surface area contributed by atoms with Gasteiger partial charge in [0.1, 0.15) is 5.69 Å². The lowest BCUT2D eigenvalue weighted by molar-refractivity contribution is -0.118. The number of aryl methyl sites for hydroxylation is 1. The van der Waals surface area contributed by atoms with Crippen molar-refractivity contribution < 1.29 is 9.59 Å². The van der Waals surface area contributed by atoms with Crippen molar-refractivity contribution in [3.05, 3.63) is 53.3 Å². The van der Waals surface area contributed by atoms with E-state index in [4.69, 9.17) is 0 Å². The zero-order chi connectivity index (χ0) is 19.4. The van der Waals surface area contributed by atoms with Gasteiger partial charge in [0, 0.05) is 31.9 Å². The van der Waals surface area contributed by atoms with Crippen LogP contribution in [0.5, 0.6) is 0 Å². The van der Waals surface area contributed by atoms with Gasteiger partial charge in [0.05, 0.1) is 11.9 Å². The van der Waals surface area contributed by atoms with Crippen LogP contribution in [0, 0.1) is 6.92 Å². The first-order chi connectivity index (χ1) is 13.0. The average Bonchev–Trinajstić information content (AvgIpc) is 2.69. The van der Waals surface area contributed by atoms with E-state index in [2.05, 4.69) is 29.0 Å². The van der Waals surface area contributed by atoms with Gasteiger partial charge in [0.15, 0.2) is 0 Å². The summed E-state index contributed by atoms with van der Waals surface area (Å²) < 4.78 is 0. The number of carbonyl (C=O) groups is 2. The van der Waals surface area contributed by atoms with E-state index in [-0.39, 0.29) is 5.91 Å². The SMILES string of the molecule is Cc1cccc(C(C)C)c1NC(=O)c1ccc(N2CCN(C=O)CC2)cn1. The van der Waals surface area contributed by atoms with Gasteiger partial charge >= 0.3 is 0 Å². The summed E-state index contributed by atoms with van der Waals surface area (Å²) in [6.07, 6.45) is 2.62. The Morgan fingerprint density at radius 3 is 2.48 bits per heavy atom. The molecule has 2 amide bonds. The molecule has 142 valence electrons. The molecule has 0 bridgehead atoms. The minimum Gasteiger partial charge on any atom is -0.367 e. The molecular formula is C21H26N4O2. The number of benzene rings is 1. The van der Waals surface area contributed by atoms with Gasteiger partial charge in [0.2, 0.25) is 6.41 Å². The molecule has 0 aliphatic carbocycles. The number of nitrogens with one attached hydrogen (secondary N) is 1. The topological polar surface area (TPSA) is 65.5 Å². The van der Waals surface area contributed by atoms with Crippen LogP contribution < -0.4 is 10.2 Å². The van der Waals surface area contributed by atoms with Crippen LogP contribution >= 0.6 is 0 Å². The number of hydrogen-bond acceptors (Lipinski definition) is 4. The molecule has 1 N–H and O–H groups in total. The Kier molecular flexibility index (Phi) is 5.74. The molecule has 0 spiro atoms. The van der Waals surface area contributed by atoms with Crippen LogP contribution in [0.1, 0.15) is 41.4 Å². The highest BCUT2D eigenvalue weighted by atomic mass is 16.2. The van der Waals surface area contributed by atoms with Crippen molar-refractivity contribution in [3.63, 3.8) is 0 Å². The van der Waals surface area contributed by atoms with Crippen LogP contribution in [-0.2, 0) is 4.79 Å². The van der Waals surface area contributed by atoms with E-state index in [1.807, 2.05) is 31.2 Å². The maximum Gasteiger partial charge on any atom is 0.274 e. The van der Waals surface area contributed by atoms with Gasteiger partial charge in [-0.15, -0.1) is 0 Å². The Bertz CT molecular complexity index is 809. The molecule has 0 atom stereocenters. The molecule has 1 fully saturated rings. The molecule has 3 rings (SSSR count). The average molecular weight is 366 g/mol. The van der Waals surface area contributed by atoms with Gasteiger partial charge in [-0.25, -0.2) is 4.98 Å². The lowest BCUT2D eigenvalue weighted by atomic mass is 9.98. The summed E-state index contributed by atoms with van der Waals surface area (Å²) >= 11 is 0. The van der Waals surface area contributed by atoms with Gasteiger partial charge in [-0.05, 0) is 36.1 Å². The summed E-state index contributed by atoms with van der Waals surface area (Å²) in [6, 6.07) is 9.72. The van der Waals surface area contributed by atoms with Crippen molar-refractivity contribution in [3.8, 4) is 0 Å². The third-order valence-electron chi connectivity index (χ3n) is 4.97. The summed E-state index contributed by atoms with van der Waals surface area (Å²) in [7, 11) is 0. The molecule has 27 heavy (non-hydrogen) atoms. The number of para-hydroxylation sites is 1. The third-order valence-corrected chi connectivity index (χ3v) is 4.97. The molecule has 6 heteroatoms. The molecule has 0 unspecified atom stereocenters. The predicted molar refractivity (Wildman–Crippen MR) is 107 cm³/mol. The largest absolute Gasteiger partial charge is 0.367 e. The van der Waals surface area contributed by atoms with Crippen LogP contribution in [0.2, 0.25) is 0 Å². The summed E-state index contributed by atoms with van der Waals surface area (Å²) in [5, 5.41) is 3.03. The van der Waals surface area contributed by atoms with E-state index in [0.717, 1.165) is 42.0 Å². The molecule has 2 heterocycles. The maximum atomic E-state index is 12.7. The van der Waals surface area contributed by atoms with E-state index >= 15 is 0 Å². The number of hydrogen-bond donors (Lipinski definition) is 1. The molecule has 1 aromatic heterocycles. The van der Waals surface area contributed by atoms with Gasteiger partial charge in [-0.2, -0.15) is 0 Å². The standard InChI is InChI=1S/C21H26N4O2/c1-15(2)18-6-4-5-16(3)20(18)23-21(27)19-8-7-17(13-22-19)25-11-9-24(14-26)10-12-25/h4-8,13-15H,9-12H2,1-3H3,(H,23,27). The number of pyridine rings is 1. The predicted octanol–water partition coefficient (Wildman–Crippen LogP) is 3.04. The zero-order valence-electron chi connectivity index (χ0n) is 16.1. The first-order valence-electron chi connectivity index (χ1n) is 9.31. The Balaban J connectivity index is 1.71. The van der Waals surface area contributed by atoms with E-state index in [9.17, 15) is 9.59 Å². The van der Waals surface area contributed by atoms with Crippen LogP contribution in [0.15, 0.2) is 36.5 Å². The highest BCUT2D eigenvalue weighted by Crippen LogP contribution is 2.27. The molecule has 1 aliphatic rings. The monoisotopic (exact) mass is 366 g/mol. The van der Waals surface area contributed by atoms with E-state index < -0.39 is 0 Å². The molecule has 1 saturated heterocycles. The number of carbonyl (C=O) groups excluding carboxylic acids is 2. The van der Waals surface area contributed by atoms with Crippen LogP contribution in [-0.4, -0.2) is 48.4 Å². The van der Waals surface area contributed by atoms with Crippen LogP contribution in [0.4, 0.5) is 11.4 Å². The second-order valence-corrected chi connectivity index (χ2v) is 7.18. The van der Waals surface area contributed by atoms with Crippen molar-refractivity contribution in [2.45, 2.75) is 26.7 Å². The fraction of sp³-hybridized carbons (Fsp3) is 0.381. The lowest BCUT2D eigenvalue weighted by Crippen LogP contribution is -2.45. The van der Waals surface area contributed by atoms with Crippen molar-refractivity contribution >= 4 is 23.7 Å². The van der Waals surface area contributed by atoms with Crippen LogP contribution in [0.3, 0.4) is 0 Å². The smallest absolute Gasteiger partial charge is 0.274 e. The third kappa shape index (κ3) is 4.27. The second kappa shape index (κ2) is 8.20. The highest BCUT2D eigenvalue weighted by molar-refractivity contribution is 6.03. The fourth-order valence-electron chi connectivity index (χ4n) is 3.31. The first kappa shape index (κ1) is 18.9. The number of piperazine rings is 1. The number of anilines is 2. The van der Waals surface area contributed by atoms with Gasteiger partial charge in [-0.1, -0.05) is 32.0 Å². The minimum absolute atomic E-state index is 0.205. The second-order valence-electron chi connectivity index (χ2n) is 7.18. The maximum absolute atomic E-state index is 12.7. The molecule has 6 nitrogen and oxygen atoms in total. The fourth-order valence-corrected chi connectivity index (χ4v) is 3.31. The molecule has 2 aromatic rings. The van der Waals surface area contributed by atoms with Crippen molar-refractivity contribution in [1.29, 1.82) is 0 Å². The quantitative estimate of drug-likeness (QED) is 0.826. The van der Waals surface area contributed by atoms with Crippen molar-refractivity contribution in [2.24, 2.45) is 0 Å². The summed E-state index contributed by atoms with van der Waals surface area (Å²) in [6.45, 7) is 9.18. The number of rotatable bonds is 5. The summed E-state index contributed by atoms with van der Waals surface area (Å²) in [5.41, 5.74) is 4.39. The molecule has 1 aromatic carbocycles. The van der Waals surface area contributed by atoms with E-state index in [1.165, 1.54) is 0 Å². The zero-order valence-corrected chi connectivity index (χ0v) is 16.1. The molecule has 0 radical (unpaired) electrons. The van der Waals surface area contributed by atoms with Gasteiger partial charge < -0.3 is 15.1 Å². The summed E-state index contributed by atoms with van der Waals surface area (Å²) in [4.78, 5) is 31.8. The lowest BCUT2D eigenvalue weighted by Gasteiger charge is -2.33.